The number of furan rings is 1. The molecule has 2 aromatic rings. The van der Waals surface area contributed by atoms with E-state index in [1.807, 2.05) is 12.3 Å². The molecule has 1 spiro atoms. The molecule has 27 heavy (non-hydrogen) atoms. The summed E-state index contributed by atoms with van der Waals surface area (Å²) in [6.07, 6.45) is 11.3. The van der Waals surface area contributed by atoms with Gasteiger partial charge in [0.05, 0.1) is 12.5 Å². The highest BCUT2D eigenvalue weighted by Gasteiger charge is 2.40. The van der Waals surface area contributed by atoms with E-state index >= 15 is 0 Å². The molecule has 0 aromatic carbocycles. The number of rotatable bonds is 4. The van der Waals surface area contributed by atoms with E-state index in [0.29, 0.717) is 11.9 Å². The van der Waals surface area contributed by atoms with Crippen molar-refractivity contribution >= 4 is 5.91 Å². The second kappa shape index (κ2) is 6.78. The molecule has 7 nitrogen and oxygen atoms in total. The molecule has 1 saturated carbocycles. The molecule has 2 aromatic heterocycles. The number of likely N-dealkylation sites (tertiary alicyclic amines) is 1. The first kappa shape index (κ1) is 17.0. The van der Waals surface area contributed by atoms with Crippen LogP contribution in [0.5, 0.6) is 0 Å². The Kier molecular flexibility index (Phi) is 4.27. The van der Waals surface area contributed by atoms with Gasteiger partial charge in [0.15, 0.2) is 0 Å². The molecule has 7 heteroatoms. The van der Waals surface area contributed by atoms with Gasteiger partial charge < -0.3 is 14.3 Å². The molecule has 0 unspecified atom stereocenters. The number of nitrogens with zero attached hydrogens (tertiary/aromatic N) is 4. The van der Waals surface area contributed by atoms with Crippen molar-refractivity contribution in [3.05, 3.63) is 35.8 Å². The molecule has 1 aliphatic carbocycles. The summed E-state index contributed by atoms with van der Waals surface area (Å²) in [5, 5.41) is 11.6. The van der Waals surface area contributed by atoms with E-state index in [4.69, 9.17) is 4.42 Å². The number of nitrogens with one attached hydrogen (secondary N) is 1. The first-order valence-electron chi connectivity index (χ1n) is 10.2. The van der Waals surface area contributed by atoms with Crippen molar-refractivity contribution in [3.8, 4) is 0 Å². The number of carbonyl (C=O) groups is 1. The summed E-state index contributed by atoms with van der Waals surface area (Å²) in [6.45, 7) is 4.01. The molecule has 4 heterocycles. The average molecular weight is 369 g/mol. The van der Waals surface area contributed by atoms with Crippen molar-refractivity contribution in [3.63, 3.8) is 0 Å². The Morgan fingerprint density at radius 2 is 2.11 bits per heavy atom. The highest BCUT2D eigenvalue weighted by molar-refractivity contribution is 5.91. The largest absolute Gasteiger partial charge is 0.472 e. The monoisotopic (exact) mass is 369 g/mol. The van der Waals surface area contributed by atoms with E-state index in [-0.39, 0.29) is 11.3 Å². The number of aromatic nitrogens is 3. The first-order valence-corrected chi connectivity index (χ1v) is 10.2. The molecule has 5 rings (SSSR count). The minimum atomic E-state index is -0.0482. The van der Waals surface area contributed by atoms with Gasteiger partial charge in [-0.3, -0.25) is 9.69 Å². The van der Waals surface area contributed by atoms with E-state index in [9.17, 15) is 4.79 Å². The van der Waals surface area contributed by atoms with Crippen LogP contribution in [0.3, 0.4) is 0 Å². The van der Waals surface area contributed by atoms with Crippen molar-refractivity contribution in [2.24, 2.45) is 5.41 Å². The second-order valence-electron chi connectivity index (χ2n) is 8.54. The minimum absolute atomic E-state index is 0.0482. The van der Waals surface area contributed by atoms with Gasteiger partial charge in [0.1, 0.15) is 5.82 Å². The molecule has 3 aliphatic rings. The Bertz CT molecular complexity index is 800. The Labute approximate surface area is 159 Å². The summed E-state index contributed by atoms with van der Waals surface area (Å²) in [6, 6.07) is 2.37. The topological polar surface area (TPSA) is 76.2 Å². The van der Waals surface area contributed by atoms with Gasteiger partial charge in [-0.15, -0.1) is 10.2 Å². The van der Waals surface area contributed by atoms with E-state index in [1.165, 1.54) is 12.0 Å². The van der Waals surface area contributed by atoms with Crippen LogP contribution in [-0.4, -0.2) is 44.7 Å². The lowest BCUT2D eigenvalue weighted by molar-refractivity contribution is 0.0614. The zero-order valence-electron chi connectivity index (χ0n) is 15.7. The summed E-state index contributed by atoms with van der Waals surface area (Å²) in [5.41, 5.74) is 1.51. The van der Waals surface area contributed by atoms with Crippen molar-refractivity contribution in [2.75, 3.05) is 13.1 Å². The number of hydrogen-bond donors (Lipinski definition) is 1. The van der Waals surface area contributed by atoms with E-state index < -0.39 is 0 Å². The molecule has 144 valence electrons. The fourth-order valence-corrected chi connectivity index (χ4v) is 4.68. The van der Waals surface area contributed by atoms with Crippen molar-refractivity contribution in [2.45, 2.75) is 64.1 Å². The van der Waals surface area contributed by atoms with Gasteiger partial charge in [0.2, 0.25) is 5.82 Å². The quantitative estimate of drug-likeness (QED) is 0.895. The van der Waals surface area contributed by atoms with Crippen LogP contribution in [0.4, 0.5) is 0 Å². The standard InChI is InChI=1S/C20H27N5O2/c26-19(21-16-2-1-3-16)18-23-22-17-4-6-20(14-25(17)18)7-9-24(10-8-20)12-15-5-11-27-13-15/h5,11,13,16H,1-4,6-10,12,14H2,(H,21,26). The third kappa shape index (κ3) is 3.29. The highest BCUT2D eigenvalue weighted by atomic mass is 16.3. The fraction of sp³-hybridized carbons (Fsp3) is 0.650. The van der Waals surface area contributed by atoms with Crippen LogP contribution in [0.1, 0.15) is 60.5 Å². The van der Waals surface area contributed by atoms with E-state index in [1.54, 1.807) is 6.26 Å². The summed E-state index contributed by atoms with van der Waals surface area (Å²) in [7, 11) is 0. The van der Waals surface area contributed by atoms with Crippen LogP contribution in [0, 0.1) is 5.41 Å². The van der Waals surface area contributed by atoms with Crippen LogP contribution in [-0.2, 0) is 19.5 Å². The third-order valence-electron chi connectivity index (χ3n) is 6.75. The molecule has 0 radical (unpaired) electrons. The van der Waals surface area contributed by atoms with Crippen LogP contribution in [0.2, 0.25) is 0 Å². The number of piperidine rings is 1. The molecule has 0 atom stereocenters. The van der Waals surface area contributed by atoms with Crippen molar-refractivity contribution in [1.82, 2.24) is 25.0 Å². The minimum Gasteiger partial charge on any atom is -0.472 e. The number of amides is 1. The maximum atomic E-state index is 12.6. The summed E-state index contributed by atoms with van der Waals surface area (Å²) >= 11 is 0. The van der Waals surface area contributed by atoms with Gasteiger partial charge >= 0.3 is 0 Å². The Morgan fingerprint density at radius 3 is 2.81 bits per heavy atom. The predicted octanol–water partition coefficient (Wildman–Crippen LogP) is 2.38. The van der Waals surface area contributed by atoms with Crippen LogP contribution in [0.25, 0.3) is 0 Å². The average Bonchev–Trinajstić information content (AvgIpc) is 3.29. The summed E-state index contributed by atoms with van der Waals surface area (Å²) in [4.78, 5) is 15.1. The smallest absolute Gasteiger partial charge is 0.289 e. The molecule has 2 fully saturated rings. The molecule has 2 aliphatic heterocycles. The fourth-order valence-electron chi connectivity index (χ4n) is 4.68. The Morgan fingerprint density at radius 1 is 1.26 bits per heavy atom. The van der Waals surface area contributed by atoms with Gasteiger partial charge in [-0.2, -0.15) is 0 Å². The van der Waals surface area contributed by atoms with Crippen LogP contribution >= 0.6 is 0 Å². The summed E-state index contributed by atoms with van der Waals surface area (Å²) < 4.78 is 7.29. The second-order valence-corrected chi connectivity index (χ2v) is 8.54. The van der Waals surface area contributed by atoms with Gasteiger partial charge in [0, 0.05) is 31.1 Å². The van der Waals surface area contributed by atoms with Gasteiger partial charge in [-0.25, -0.2) is 0 Å². The van der Waals surface area contributed by atoms with Gasteiger partial charge in [0.25, 0.3) is 5.91 Å². The van der Waals surface area contributed by atoms with E-state index in [0.717, 1.165) is 70.5 Å². The number of aryl methyl sites for hydroxylation is 1. The predicted molar refractivity (Wildman–Crippen MR) is 99.1 cm³/mol. The molecule has 1 N–H and O–H groups in total. The van der Waals surface area contributed by atoms with E-state index in [2.05, 4.69) is 25.0 Å². The normalized spacial score (nSPS) is 22.4. The van der Waals surface area contributed by atoms with Gasteiger partial charge in [-0.05, 0) is 63.1 Å². The van der Waals surface area contributed by atoms with Crippen LogP contribution in [0.15, 0.2) is 23.0 Å². The maximum absolute atomic E-state index is 12.6. The van der Waals surface area contributed by atoms with Gasteiger partial charge in [-0.1, -0.05) is 0 Å². The molecular weight excluding hydrogens is 342 g/mol. The third-order valence-corrected chi connectivity index (χ3v) is 6.75. The molecule has 1 saturated heterocycles. The molecule has 0 bridgehead atoms. The van der Waals surface area contributed by atoms with Crippen LogP contribution < -0.4 is 5.32 Å². The molecule has 1 amide bonds. The zero-order valence-corrected chi connectivity index (χ0v) is 15.7. The Hall–Kier alpha value is -2.15. The van der Waals surface area contributed by atoms with Crippen molar-refractivity contribution < 1.29 is 9.21 Å². The SMILES string of the molecule is O=C(NC1CCC1)c1nnc2n1CC1(CC2)CCN(Cc2ccoc2)CC1. The highest BCUT2D eigenvalue weighted by Crippen LogP contribution is 2.41. The number of carbonyl (C=O) groups excluding carboxylic acids is 1. The first-order chi connectivity index (χ1) is 13.2. The molecular formula is C20H27N5O2. The summed E-state index contributed by atoms with van der Waals surface area (Å²) in [5.74, 6) is 1.44. The number of hydrogen-bond acceptors (Lipinski definition) is 5. The lowest BCUT2D eigenvalue weighted by Crippen LogP contribution is -2.45. The maximum Gasteiger partial charge on any atom is 0.289 e. The lowest BCUT2D eigenvalue weighted by atomic mass is 9.73. The number of fused-ring (bicyclic) bond motifs is 1. The van der Waals surface area contributed by atoms with Crippen molar-refractivity contribution in [1.29, 1.82) is 0 Å². The zero-order chi connectivity index (χ0) is 18.3. The lowest BCUT2D eigenvalue weighted by Gasteiger charge is -2.44. The Balaban J connectivity index is 1.25.